The molecule has 2 amide bonds. The summed E-state index contributed by atoms with van der Waals surface area (Å²) in [5.41, 5.74) is 0.555. The summed E-state index contributed by atoms with van der Waals surface area (Å²) in [5, 5.41) is 2.98. The van der Waals surface area contributed by atoms with Gasteiger partial charge in [-0.3, -0.25) is 13.9 Å². The number of amides is 2. The summed E-state index contributed by atoms with van der Waals surface area (Å²) >= 11 is 1.50. The van der Waals surface area contributed by atoms with Crippen molar-refractivity contribution in [2.45, 2.75) is 69.0 Å². The molecule has 0 aliphatic rings. The molecule has 3 aromatic carbocycles. The van der Waals surface area contributed by atoms with Crippen molar-refractivity contribution in [1.82, 2.24) is 10.2 Å². The second kappa shape index (κ2) is 14.6. The Morgan fingerprint density at radius 3 is 2.12 bits per heavy atom. The van der Waals surface area contributed by atoms with Gasteiger partial charge >= 0.3 is 0 Å². The lowest BCUT2D eigenvalue weighted by Crippen LogP contribution is -2.55. The van der Waals surface area contributed by atoms with Crippen LogP contribution in [-0.4, -0.2) is 56.1 Å². The monoisotopic (exact) mass is 611 g/mol. The number of hydrogen-bond acceptors (Lipinski definition) is 6. The number of anilines is 1. The highest BCUT2D eigenvalue weighted by molar-refractivity contribution is 7.98. The Bertz CT molecular complexity index is 1440. The van der Waals surface area contributed by atoms with Crippen LogP contribution in [0.25, 0.3) is 0 Å². The summed E-state index contributed by atoms with van der Waals surface area (Å²) in [6.07, 6.45) is 2.26. The third kappa shape index (κ3) is 8.51. The lowest BCUT2D eigenvalue weighted by Gasteiger charge is -2.35. The Kier molecular flexibility index (Phi) is 11.5. The van der Waals surface area contributed by atoms with Crippen molar-refractivity contribution in [2.24, 2.45) is 0 Å². The van der Waals surface area contributed by atoms with Gasteiger partial charge < -0.3 is 15.0 Å². The zero-order chi connectivity index (χ0) is 30.9. The standard InChI is InChI=1S/C32H41N3O5S2/c1-7-27(31(37)33-32(3,4)5)34(22-24-14-10-9-11-15-24)30(36)23-35(28-16-12-13-17-29(28)40-8-2)42(38,39)26-20-18-25(41-6)19-21-26/h9-21,27H,7-8,22-23H2,1-6H3,(H,33,37). The molecule has 0 saturated carbocycles. The van der Waals surface area contributed by atoms with Crippen LogP contribution in [0.1, 0.15) is 46.6 Å². The van der Waals surface area contributed by atoms with Gasteiger partial charge in [-0.2, -0.15) is 0 Å². The number of hydrogen-bond donors (Lipinski definition) is 1. The number of nitrogens with zero attached hydrogens (tertiary/aromatic N) is 2. The molecule has 3 rings (SSSR count). The smallest absolute Gasteiger partial charge is 0.264 e. The Hall–Kier alpha value is -3.50. The molecule has 3 aromatic rings. The maximum atomic E-state index is 14.2. The zero-order valence-electron chi connectivity index (χ0n) is 25.2. The third-order valence-corrected chi connectivity index (χ3v) is 8.96. The first-order chi connectivity index (χ1) is 19.9. The summed E-state index contributed by atoms with van der Waals surface area (Å²) in [7, 11) is -4.21. The van der Waals surface area contributed by atoms with Crippen LogP contribution in [0.4, 0.5) is 5.69 Å². The molecule has 0 aliphatic carbocycles. The van der Waals surface area contributed by atoms with E-state index < -0.39 is 34.1 Å². The van der Waals surface area contributed by atoms with Crippen molar-refractivity contribution in [3.8, 4) is 5.75 Å². The molecule has 0 heterocycles. The fourth-order valence-corrected chi connectivity index (χ4v) is 6.31. The SMILES string of the molecule is CCOc1ccccc1N(CC(=O)N(Cc1ccccc1)C(CC)C(=O)NC(C)(C)C)S(=O)(=O)c1ccc(SC)cc1. The number of ether oxygens (including phenoxy) is 1. The minimum absolute atomic E-state index is 0.0477. The van der Waals surface area contributed by atoms with Crippen LogP contribution < -0.4 is 14.4 Å². The van der Waals surface area contributed by atoms with Crippen molar-refractivity contribution in [1.29, 1.82) is 0 Å². The molecule has 0 fully saturated rings. The average Bonchev–Trinajstić information content (AvgIpc) is 2.96. The molecular formula is C32H41N3O5S2. The number of benzene rings is 3. The summed E-state index contributed by atoms with van der Waals surface area (Å²) < 4.78 is 35.2. The molecule has 0 spiro atoms. The topological polar surface area (TPSA) is 96.0 Å². The highest BCUT2D eigenvalue weighted by Gasteiger charge is 2.35. The molecule has 226 valence electrons. The van der Waals surface area contributed by atoms with Crippen LogP contribution in [-0.2, 0) is 26.2 Å². The van der Waals surface area contributed by atoms with E-state index in [0.717, 1.165) is 14.8 Å². The lowest BCUT2D eigenvalue weighted by molar-refractivity contribution is -0.141. The molecule has 8 nitrogen and oxygen atoms in total. The predicted octanol–water partition coefficient (Wildman–Crippen LogP) is 5.72. The van der Waals surface area contributed by atoms with E-state index in [9.17, 15) is 18.0 Å². The van der Waals surface area contributed by atoms with Crippen LogP contribution in [0, 0.1) is 0 Å². The molecule has 10 heteroatoms. The van der Waals surface area contributed by atoms with Gasteiger partial charge in [0, 0.05) is 17.0 Å². The van der Waals surface area contributed by atoms with Gasteiger partial charge in [0.05, 0.1) is 17.2 Å². The number of thioether (sulfide) groups is 1. The second-order valence-electron chi connectivity index (χ2n) is 10.8. The van der Waals surface area contributed by atoms with Crippen LogP contribution >= 0.6 is 11.8 Å². The van der Waals surface area contributed by atoms with Gasteiger partial charge in [-0.25, -0.2) is 8.42 Å². The average molecular weight is 612 g/mol. The molecule has 0 aliphatic heterocycles. The van der Waals surface area contributed by atoms with Gasteiger partial charge in [-0.05, 0) is 82.3 Å². The van der Waals surface area contributed by atoms with E-state index >= 15 is 0 Å². The Labute approximate surface area is 254 Å². The van der Waals surface area contributed by atoms with E-state index in [1.165, 1.54) is 28.8 Å². The number of carbonyl (C=O) groups excluding carboxylic acids is 2. The third-order valence-electron chi connectivity index (χ3n) is 6.44. The molecule has 1 N–H and O–H groups in total. The highest BCUT2D eigenvalue weighted by atomic mass is 32.2. The van der Waals surface area contributed by atoms with Crippen molar-refractivity contribution in [3.05, 3.63) is 84.4 Å². The molecule has 1 unspecified atom stereocenters. The first-order valence-corrected chi connectivity index (χ1v) is 16.6. The fourth-order valence-electron chi connectivity index (χ4n) is 4.48. The van der Waals surface area contributed by atoms with Crippen molar-refractivity contribution in [2.75, 3.05) is 23.7 Å². The first kappa shape index (κ1) is 33.0. The maximum Gasteiger partial charge on any atom is 0.264 e. The van der Waals surface area contributed by atoms with Crippen LogP contribution in [0.5, 0.6) is 5.75 Å². The maximum absolute atomic E-state index is 14.2. The summed E-state index contributed by atoms with van der Waals surface area (Å²) in [6.45, 7) is 9.20. The normalized spacial score (nSPS) is 12.3. The quantitative estimate of drug-likeness (QED) is 0.248. The molecule has 0 aromatic heterocycles. The minimum atomic E-state index is -4.21. The van der Waals surface area contributed by atoms with Crippen molar-refractivity contribution >= 4 is 39.3 Å². The number of rotatable bonds is 13. The van der Waals surface area contributed by atoms with Gasteiger partial charge in [0.15, 0.2) is 0 Å². The first-order valence-electron chi connectivity index (χ1n) is 13.9. The summed E-state index contributed by atoms with van der Waals surface area (Å²) in [5.74, 6) is -0.472. The van der Waals surface area contributed by atoms with Gasteiger partial charge in [0.25, 0.3) is 10.0 Å². The van der Waals surface area contributed by atoms with Gasteiger partial charge in [-0.15, -0.1) is 11.8 Å². The van der Waals surface area contributed by atoms with E-state index in [2.05, 4.69) is 5.32 Å². The number of nitrogens with one attached hydrogen (secondary N) is 1. The number of para-hydroxylation sites is 2. The molecule has 0 saturated heterocycles. The fraction of sp³-hybridized carbons (Fsp3) is 0.375. The van der Waals surface area contributed by atoms with E-state index in [1.54, 1.807) is 36.4 Å². The lowest BCUT2D eigenvalue weighted by atomic mass is 10.1. The van der Waals surface area contributed by atoms with E-state index in [1.807, 2.05) is 71.2 Å². The van der Waals surface area contributed by atoms with Crippen molar-refractivity contribution < 1.29 is 22.7 Å². The summed E-state index contributed by atoms with van der Waals surface area (Å²) in [4.78, 5) is 30.1. The predicted molar refractivity (Wildman–Crippen MR) is 169 cm³/mol. The molecular weight excluding hydrogens is 571 g/mol. The Balaban J connectivity index is 2.11. The van der Waals surface area contributed by atoms with Crippen LogP contribution in [0.2, 0.25) is 0 Å². The van der Waals surface area contributed by atoms with E-state index in [-0.39, 0.29) is 23.0 Å². The second-order valence-corrected chi connectivity index (χ2v) is 13.5. The molecule has 0 radical (unpaired) electrons. The molecule has 1 atom stereocenters. The van der Waals surface area contributed by atoms with Crippen LogP contribution in [0.15, 0.2) is 88.7 Å². The van der Waals surface area contributed by atoms with E-state index in [4.69, 9.17) is 4.74 Å². The summed E-state index contributed by atoms with van der Waals surface area (Å²) in [6, 6.07) is 21.8. The Morgan fingerprint density at radius 2 is 1.55 bits per heavy atom. The molecule has 42 heavy (non-hydrogen) atoms. The van der Waals surface area contributed by atoms with Crippen molar-refractivity contribution in [3.63, 3.8) is 0 Å². The van der Waals surface area contributed by atoms with Gasteiger partial charge in [0.2, 0.25) is 11.8 Å². The van der Waals surface area contributed by atoms with Crippen LogP contribution in [0.3, 0.4) is 0 Å². The molecule has 0 bridgehead atoms. The highest BCUT2D eigenvalue weighted by Crippen LogP contribution is 2.33. The largest absolute Gasteiger partial charge is 0.492 e. The Morgan fingerprint density at radius 1 is 0.929 bits per heavy atom. The van der Waals surface area contributed by atoms with E-state index in [0.29, 0.717) is 18.8 Å². The van der Waals surface area contributed by atoms with Gasteiger partial charge in [0.1, 0.15) is 18.3 Å². The zero-order valence-corrected chi connectivity index (χ0v) is 26.8. The number of carbonyl (C=O) groups is 2. The number of sulfonamides is 1. The minimum Gasteiger partial charge on any atom is -0.492 e. The van der Waals surface area contributed by atoms with Gasteiger partial charge in [-0.1, -0.05) is 49.4 Å².